The van der Waals surface area contributed by atoms with Gasteiger partial charge in [0.05, 0.1) is 5.54 Å². The Morgan fingerprint density at radius 1 is 1.35 bits per heavy atom. The van der Waals surface area contributed by atoms with E-state index in [1.165, 1.54) is 0 Å². The summed E-state index contributed by atoms with van der Waals surface area (Å²) >= 11 is 1.55. The molecule has 0 spiro atoms. The van der Waals surface area contributed by atoms with E-state index in [1.807, 2.05) is 47.8 Å². The first kappa shape index (κ1) is 16.0. The summed E-state index contributed by atoms with van der Waals surface area (Å²) in [5, 5.41) is 11.6. The van der Waals surface area contributed by atoms with Gasteiger partial charge in [-0.2, -0.15) is 0 Å². The second-order valence-corrected chi connectivity index (χ2v) is 6.77. The standard InChI is InChI=1S/C17H20N2O3S/c18-17(15-7-4-8-23-15)12-19(9-14(17)10-20)16(21)22-11-13-5-2-1-3-6-13/h1-8,14,20H,9-12,18H2. The number of nitrogens with two attached hydrogens (primary N) is 1. The van der Waals surface area contributed by atoms with Crippen LogP contribution in [0.3, 0.4) is 0 Å². The highest BCUT2D eigenvalue weighted by Gasteiger charge is 2.47. The van der Waals surface area contributed by atoms with Crippen molar-refractivity contribution in [3.8, 4) is 0 Å². The number of benzene rings is 1. The topological polar surface area (TPSA) is 75.8 Å². The lowest BCUT2D eigenvalue weighted by molar-refractivity contribution is 0.101. The van der Waals surface area contributed by atoms with E-state index in [0.29, 0.717) is 13.1 Å². The summed E-state index contributed by atoms with van der Waals surface area (Å²) in [6.45, 7) is 0.929. The number of aliphatic hydroxyl groups is 1. The highest BCUT2D eigenvalue weighted by atomic mass is 32.1. The average Bonchev–Trinajstić information content (AvgIpc) is 3.22. The van der Waals surface area contributed by atoms with Crippen molar-refractivity contribution in [2.45, 2.75) is 12.1 Å². The van der Waals surface area contributed by atoms with Crippen LogP contribution in [0.5, 0.6) is 0 Å². The molecule has 1 aromatic heterocycles. The minimum absolute atomic E-state index is 0.0587. The van der Waals surface area contributed by atoms with Gasteiger partial charge in [0.1, 0.15) is 6.61 Å². The molecule has 2 atom stereocenters. The van der Waals surface area contributed by atoms with Crippen molar-refractivity contribution >= 4 is 17.4 Å². The molecule has 1 fully saturated rings. The number of thiophene rings is 1. The fourth-order valence-electron chi connectivity index (χ4n) is 2.93. The Morgan fingerprint density at radius 3 is 2.78 bits per heavy atom. The van der Waals surface area contributed by atoms with Crippen LogP contribution in [0.1, 0.15) is 10.4 Å². The first-order valence-corrected chi connectivity index (χ1v) is 8.41. The summed E-state index contributed by atoms with van der Waals surface area (Å²) < 4.78 is 5.37. The molecule has 0 saturated carbocycles. The Balaban J connectivity index is 1.66. The lowest BCUT2D eigenvalue weighted by Gasteiger charge is -2.27. The van der Waals surface area contributed by atoms with Crippen LogP contribution in [0.25, 0.3) is 0 Å². The third kappa shape index (κ3) is 3.24. The van der Waals surface area contributed by atoms with Crippen LogP contribution in [0.2, 0.25) is 0 Å². The molecule has 1 aliphatic rings. The Kier molecular flexibility index (Phi) is 4.66. The van der Waals surface area contributed by atoms with Gasteiger partial charge in [0.25, 0.3) is 0 Å². The quantitative estimate of drug-likeness (QED) is 0.900. The molecule has 1 aliphatic heterocycles. The smallest absolute Gasteiger partial charge is 0.410 e. The monoisotopic (exact) mass is 332 g/mol. The van der Waals surface area contributed by atoms with Crippen LogP contribution < -0.4 is 5.73 Å². The van der Waals surface area contributed by atoms with Crippen molar-refractivity contribution < 1.29 is 14.6 Å². The van der Waals surface area contributed by atoms with E-state index in [0.717, 1.165) is 10.4 Å². The third-order valence-electron chi connectivity index (χ3n) is 4.29. The number of ether oxygens (including phenoxy) is 1. The van der Waals surface area contributed by atoms with Gasteiger partial charge < -0.3 is 20.5 Å². The molecule has 2 aromatic rings. The molecule has 5 nitrogen and oxygen atoms in total. The first-order valence-electron chi connectivity index (χ1n) is 7.53. The van der Waals surface area contributed by atoms with Crippen molar-refractivity contribution in [1.29, 1.82) is 0 Å². The van der Waals surface area contributed by atoms with E-state index < -0.39 is 11.6 Å². The predicted molar refractivity (Wildman–Crippen MR) is 89.0 cm³/mol. The van der Waals surface area contributed by atoms with Crippen LogP contribution in [-0.2, 0) is 16.9 Å². The summed E-state index contributed by atoms with van der Waals surface area (Å²) in [6.07, 6.45) is -0.392. The highest BCUT2D eigenvalue weighted by Crippen LogP contribution is 2.37. The predicted octanol–water partition coefficient (Wildman–Crippen LogP) is 2.16. The van der Waals surface area contributed by atoms with Crippen molar-refractivity contribution in [3.63, 3.8) is 0 Å². The molecule has 0 radical (unpaired) electrons. The van der Waals surface area contributed by atoms with Gasteiger partial charge in [-0.1, -0.05) is 36.4 Å². The number of carbonyl (C=O) groups excluding carboxylic acids is 1. The van der Waals surface area contributed by atoms with Gasteiger partial charge in [-0.3, -0.25) is 0 Å². The zero-order valence-electron chi connectivity index (χ0n) is 12.7. The molecular formula is C17H20N2O3S. The molecule has 6 heteroatoms. The number of carbonyl (C=O) groups is 1. The van der Waals surface area contributed by atoms with E-state index in [1.54, 1.807) is 16.2 Å². The number of rotatable bonds is 4. The average molecular weight is 332 g/mol. The molecular weight excluding hydrogens is 312 g/mol. The number of amides is 1. The number of likely N-dealkylation sites (tertiary alicyclic amines) is 1. The lowest BCUT2D eigenvalue weighted by atomic mass is 9.87. The highest BCUT2D eigenvalue weighted by molar-refractivity contribution is 7.10. The summed E-state index contributed by atoms with van der Waals surface area (Å²) in [6, 6.07) is 13.4. The van der Waals surface area contributed by atoms with Gasteiger partial charge in [0, 0.05) is 30.5 Å². The molecule has 1 saturated heterocycles. The summed E-state index contributed by atoms with van der Waals surface area (Å²) in [7, 11) is 0. The summed E-state index contributed by atoms with van der Waals surface area (Å²) in [4.78, 5) is 14.9. The van der Waals surface area contributed by atoms with Crippen LogP contribution in [0.4, 0.5) is 4.79 Å². The van der Waals surface area contributed by atoms with Crippen LogP contribution in [0.15, 0.2) is 47.8 Å². The van der Waals surface area contributed by atoms with Crippen molar-refractivity contribution in [3.05, 3.63) is 58.3 Å². The van der Waals surface area contributed by atoms with Gasteiger partial charge in [-0.15, -0.1) is 11.3 Å². The first-order chi connectivity index (χ1) is 11.1. The second kappa shape index (κ2) is 6.70. The molecule has 2 heterocycles. The second-order valence-electron chi connectivity index (χ2n) is 5.82. The van der Waals surface area contributed by atoms with Gasteiger partial charge in [0.15, 0.2) is 0 Å². The number of aliphatic hydroxyl groups excluding tert-OH is 1. The lowest BCUT2D eigenvalue weighted by Crippen LogP contribution is -2.45. The fraction of sp³-hybridized carbons (Fsp3) is 0.353. The Bertz CT molecular complexity index is 647. The van der Waals surface area contributed by atoms with E-state index in [2.05, 4.69) is 0 Å². The number of hydrogen-bond donors (Lipinski definition) is 2. The largest absolute Gasteiger partial charge is 0.445 e. The summed E-state index contributed by atoms with van der Waals surface area (Å²) in [5.41, 5.74) is 6.74. The third-order valence-corrected chi connectivity index (χ3v) is 5.35. The molecule has 122 valence electrons. The molecule has 23 heavy (non-hydrogen) atoms. The van der Waals surface area contributed by atoms with Crippen LogP contribution in [-0.4, -0.2) is 35.8 Å². The van der Waals surface area contributed by atoms with Crippen LogP contribution in [0, 0.1) is 5.92 Å². The number of nitrogens with zero attached hydrogens (tertiary/aromatic N) is 1. The Hall–Kier alpha value is -1.89. The fourth-order valence-corrected chi connectivity index (χ4v) is 3.84. The summed E-state index contributed by atoms with van der Waals surface area (Å²) in [5.74, 6) is -0.189. The van der Waals surface area contributed by atoms with Gasteiger partial charge in [-0.25, -0.2) is 4.79 Å². The zero-order chi connectivity index (χ0) is 16.3. The maximum absolute atomic E-state index is 12.3. The SMILES string of the molecule is NC1(c2cccs2)CN(C(=O)OCc2ccccc2)CC1CO. The van der Waals surface area contributed by atoms with Gasteiger partial charge in [0.2, 0.25) is 0 Å². The number of hydrogen-bond acceptors (Lipinski definition) is 5. The maximum Gasteiger partial charge on any atom is 0.410 e. The molecule has 3 N–H and O–H groups in total. The minimum atomic E-state index is -0.714. The molecule has 1 aromatic carbocycles. The van der Waals surface area contributed by atoms with Crippen molar-refractivity contribution in [2.24, 2.45) is 11.7 Å². The van der Waals surface area contributed by atoms with Crippen molar-refractivity contribution in [2.75, 3.05) is 19.7 Å². The van der Waals surface area contributed by atoms with E-state index in [4.69, 9.17) is 10.5 Å². The minimum Gasteiger partial charge on any atom is -0.445 e. The Labute approximate surface area is 139 Å². The van der Waals surface area contributed by atoms with Crippen LogP contribution >= 0.6 is 11.3 Å². The molecule has 1 amide bonds. The molecule has 2 unspecified atom stereocenters. The Morgan fingerprint density at radius 2 is 2.13 bits per heavy atom. The molecule has 3 rings (SSSR count). The maximum atomic E-state index is 12.3. The normalized spacial score (nSPS) is 23.9. The van der Waals surface area contributed by atoms with E-state index in [-0.39, 0.29) is 19.1 Å². The van der Waals surface area contributed by atoms with Crippen molar-refractivity contribution in [1.82, 2.24) is 4.90 Å². The van der Waals surface area contributed by atoms with E-state index >= 15 is 0 Å². The zero-order valence-corrected chi connectivity index (χ0v) is 13.5. The van der Waals surface area contributed by atoms with E-state index in [9.17, 15) is 9.90 Å². The molecule has 0 aliphatic carbocycles. The van der Waals surface area contributed by atoms with Gasteiger partial charge >= 0.3 is 6.09 Å². The van der Waals surface area contributed by atoms with Gasteiger partial charge in [-0.05, 0) is 17.0 Å². The molecule has 0 bridgehead atoms.